The first-order chi connectivity index (χ1) is 11.0. The van der Waals surface area contributed by atoms with Crippen LogP contribution in [0.2, 0.25) is 0 Å². The molecule has 2 aromatic rings. The van der Waals surface area contributed by atoms with Crippen molar-refractivity contribution in [2.75, 3.05) is 21.9 Å². The molecule has 0 bridgehead atoms. The molecular formula is C15H15N3O4S. The summed E-state index contributed by atoms with van der Waals surface area (Å²) in [7, 11) is -3.21. The molecule has 0 saturated carbocycles. The van der Waals surface area contributed by atoms with Crippen LogP contribution in [0.3, 0.4) is 0 Å². The second kappa shape index (κ2) is 5.88. The minimum absolute atomic E-state index is 0.0151. The fourth-order valence-corrected chi connectivity index (χ4v) is 4.10. The quantitative estimate of drug-likeness (QED) is 0.686. The molecule has 0 atom stereocenters. The van der Waals surface area contributed by atoms with Crippen molar-refractivity contribution in [2.24, 2.45) is 0 Å². The maximum absolute atomic E-state index is 11.9. The maximum Gasteiger partial charge on any atom is 0.292 e. The molecule has 0 radical (unpaired) electrons. The molecular weight excluding hydrogens is 318 g/mol. The third-order valence-electron chi connectivity index (χ3n) is 3.63. The number of rotatable bonds is 4. The van der Waals surface area contributed by atoms with Gasteiger partial charge in [-0.1, -0.05) is 12.1 Å². The van der Waals surface area contributed by atoms with Crippen molar-refractivity contribution in [3.63, 3.8) is 0 Å². The number of nitrogens with one attached hydrogen (secondary N) is 1. The summed E-state index contributed by atoms with van der Waals surface area (Å²) in [5.74, 6) is 0.170. The number of nitro benzene ring substituents is 1. The lowest BCUT2D eigenvalue weighted by molar-refractivity contribution is -0.383. The summed E-state index contributed by atoms with van der Waals surface area (Å²) in [5, 5.41) is 14.0. The summed E-state index contributed by atoms with van der Waals surface area (Å²) in [6.45, 7) is 0.485. The fourth-order valence-electron chi connectivity index (χ4n) is 2.53. The Bertz CT molecular complexity index is 834. The number of para-hydroxylation sites is 2. The number of nitro groups is 1. The van der Waals surface area contributed by atoms with Gasteiger partial charge < -0.3 is 5.32 Å². The van der Waals surface area contributed by atoms with E-state index in [9.17, 15) is 18.5 Å². The summed E-state index contributed by atoms with van der Waals surface area (Å²) >= 11 is 0. The molecule has 1 saturated heterocycles. The predicted octanol–water partition coefficient (Wildman–Crippen LogP) is 2.88. The first-order valence-electron chi connectivity index (χ1n) is 7.08. The van der Waals surface area contributed by atoms with Gasteiger partial charge in [-0.3, -0.25) is 14.4 Å². The van der Waals surface area contributed by atoms with Crippen molar-refractivity contribution in [1.82, 2.24) is 0 Å². The van der Waals surface area contributed by atoms with Crippen molar-refractivity contribution >= 4 is 32.8 Å². The van der Waals surface area contributed by atoms with Gasteiger partial charge >= 0.3 is 0 Å². The highest BCUT2D eigenvalue weighted by Crippen LogP contribution is 2.29. The standard InChI is InChI=1S/C15H15N3O4S/c19-18(20)15-5-2-1-4-14(15)16-12-6-8-13(9-7-12)17-10-3-11-23(17,21)22/h1-2,4-9,16H,3,10-11H2. The number of hydrogen-bond acceptors (Lipinski definition) is 5. The van der Waals surface area contributed by atoms with E-state index < -0.39 is 14.9 Å². The van der Waals surface area contributed by atoms with Crippen LogP contribution in [0.25, 0.3) is 0 Å². The number of nitrogens with zero attached hydrogens (tertiary/aromatic N) is 2. The van der Waals surface area contributed by atoms with Crippen LogP contribution in [0.15, 0.2) is 48.5 Å². The monoisotopic (exact) mass is 333 g/mol. The molecule has 1 aliphatic heterocycles. The van der Waals surface area contributed by atoms with E-state index in [4.69, 9.17) is 0 Å². The van der Waals surface area contributed by atoms with Gasteiger partial charge in [0.25, 0.3) is 5.69 Å². The first kappa shape index (κ1) is 15.3. The van der Waals surface area contributed by atoms with Gasteiger partial charge in [0.2, 0.25) is 10.0 Å². The Morgan fingerprint density at radius 3 is 2.39 bits per heavy atom. The van der Waals surface area contributed by atoms with E-state index in [1.165, 1.54) is 10.4 Å². The second-order valence-corrected chi connectivity index (χ2v) is 7.20. The highest BCUT2D eigenvalue weighted by atomic mass is 32.2. The molecule has 0 amide bonds. The van der Waals surface area contributed by atoms with Crippen molar-refractivity contribution in [3.05, 3.63) is 58.6 Å². The number of hydrogen-bond donors (Lipinski definition) is 1. The van der Waals surface area contributed by atoms with Crippen molar-refractivity contribution in [3.8, 4) is 0 Å². The lowest BCUT2D eigenvalue weighted by Crippen LogP contribution is -2.24. The predicted molar refractivity (Wildman–Crippen MR) is 88.6 cm³/mol. The van der Waals surface area contributed by atoms with Crippen LogP contribution < -0.4 is 9.62 Å². The normalized spacial score (nSPS) is 16.3. The Hall–Kier alpha value is -2.61. The molecule has 0 unspecified atom stereocenters. The van der Waals surface area contributed by atoms with Crippen LogP contribution in [0.1, 0.15) is 6.42 Å². The van der Waals surface area contributed by atoms with Crippen LogP contribution in [-0.2, 0) is 10.0 Å². The van der Waals surface area contributed by atoms with Crippen LogP contribution in [0.4, 0.5) is 22.7 Å². The van der Waals surface area contributed by atoms with E-state index in [0.29, 0.717) is 30.0 Å². The lowest BCUT2D eigenvalue weighted by Gasteiger charge is -2.17. The van der Waals surface area contributed by atoms with Gasteiger partial charge in [-0.15, -0.1) is 0 Å². The summed E-state index contributed by atoms with van der Waals surface area (Å²) in [5.41, 5.74) is 1.63. The Kier molecular flexibility index (Phi) is 3.91. The molecule has 2 aromatic carbocycles. The third kappa shape index (κ3) is 3.11. The maximum atomic E-state index is 11.9. The Balaban J connectivity index is 1.83. The van der Waals surface area contributed by atoms with Gasteiger partial charge in [0.1, 0.15) is 5.69 Å². The van der Waals surface area contributed by atoms with E-state index in [-0.39, 0.29) is 11.4 Å². The molecule has 1 aliphatic rings. The molecule has 8 heteroatoms. The first-order valence-corrected chi connectivity index (χ1v) is 8.69. The van der Waals surface area contributed by atoms with Crippen molar-refractivity contribution in [1.29, 1.82) is 0 Å². The Labute approximate surface area is 133 Å². The van der Waals surface area contributed by atoms with E-state index in [1.54, 1.807) is 42.5 Å². The van der Waals surface area contributed by atoms with Gasteiger partial charge in [-0.25, -0.2) is 8.42 Å². The molecule has 3 rings (SSSR count). The summed E-state index contributed by atoms with van der Waals surface area (Å²) < 4.78 is 25.2. The lowest BCUT2D eigenvalue weighted by atomic mass is 10.2. The molecule has 1 heterocycles. The average molecular weight is 333 g/mol. The molecule has 1 fully saturated rings. The zero-order valence-electron chi connectivity index (χ0n) is 12.2. The van der Waals surface area contributed by atoms with Gasteiger partial charge in [0, 0.05) is 18.3 Å². The summed E-state index contributed by atoms with van der Waals surface area (Å²) in [6.07, 6.45) is 0.624. The SMILES string of the molecule is O=[N+]([O-])c1ccccc1Nc1ccc(N2CCCS2(=O)=O)cc1. The summed E-state index contributed by atoms with van der Waals surface area (Å²) in [4.78, 5) is 10.6. The topological polar surface area (TPSA) is 92.6 Å². The van der Waals surface area contributed by atoms with Gasteiger partial charge in [0.15, 0.2) is 0 Å². The fraction of sp³-hybridized carbons (Fsp3) is 0.200. The minimum Gasteiger partial charge on any atom is -0.350 e. The molecule has 7 nitrogen and oxygen atoms in total. The highest BCUT2D eigenvalue weighted by Gasteiger charge is 2.28. The van der Waals surface area contributed by atoms with E-state index in [2.05, 4.69) is 5.32 Å². The molecule has 1 N–H and O–H groups in total. The third-order valence-corrected chi connectivity index (χ3v) is 5.50. The zero-order valence-corrected chi connectivity index (χ0v) is 13.0. The molecule has 0 aromatic heterocycles. The smallest absolute Gasteiger partial charge is 0.292 e. The van der Waals surface area contributed by atoms with Crippen molar-refractivity contribution < 1.29 is 13.3 Å². The summed E-state index contributed by atoms with van der Waals surface area (Å²) in [6, 6.07) is 13.2. The van der Waals surface area contributed by atoms with Crippen LogP contribution in [0, 0.1) is 10.1 Å². The van der Waals surface area contributed by atoms with Gasteiger partial charge in [-0.05, 0) is 36.8 Å². The largest absolute Gasteiger partial charge is 0.350 e. The highest BCUT2D eigenvalue weighted by molar-refractivity contribution is 7.93. The number of benzene rings is 2. The molecule has 0 spiro atoms. The van der Waals surface area contributed by atoms with Gasteiger partial charge in [0.05, 0.1) is 16.4 Å². The van der Waals surface area contributed by atoms with Crippen LogP contribution in [-0.4, -0.2) is 25.6 Å². The molecule has 23 heavy (non-hydrogen) atoms. The van der Waals surface area contributed by atoms with E-state index in [0.717, 1.165) is 0 Å². The molecule has 120 valence electrons. The van der Waals surface area contributed by atoms with E-state index in [1.807, 2.05) is 0 Å². The number of sulfonamides is 1. The zero-order chi connectivity index (χ0) is 16.4. The van der Waals surface area contributed by atoms with Gasteiger partial charge in [-0.2, -0.15) is 0 Å². The van der Waals surface area contributed by atoms with Crippen molar-refractivity contribution in [2.45, 2.75) is 6.42 Å². The van der Waals surface area contributed by atoms with Crippen LogP contribution >= 0.6 is 0 Å². The second-order valence-electron chi connectivity index (χ2n) is 5.19. The average Bonchev–Trinajstić information content (AvgIpc) is 2.88. The van der Waals surface area contributed by atoms with Crippen LogP contribution in [0.5, 0.6) is 0 Å². The minimum atomic E-state index is -3.21. The number of anilines is 3. The van der Waals surface area contributed by atoms with E-state index >= 15 is 0 Å². The Morgan fingerprint density at radius 1 is 1.09 bits per heavy atom. The molecule has 0 aliphatic carbocycles. The Morgan fingerprint density at radius 2 is 1.78 bits per heavy atom.